The van der Waals surface area contributed by atoms with E-state index in [2.05, 4.69) is 108 Å². The highest BCUT2D eigenvalue weighted by atomic mass is 32.1. The molecule has 202 valence electrons. The first kappa shape index (κ1) is 28.0. The molecule has 0 aliphatic carbocycles. The van der Waals surface area contributed by atoms with Crippen molar-refractivity contribution >= 4 is 77.1 Å². The number of hydrogen-bond donors (Lipinski definition) is 2. The Labute approximate surface area is 245 Å². The fourth-order valence-corrected chi connectivity index (χ4v) is 8.60. The lowest BCUT2D eigenvalue weighted by Gasteiger charge is -2.30. The van der Waals surface area contributed by atoms with E-state index in [9.17, 15) is 9.59 Å². The third-order valence-corrected chi connectivity index (χ3v) is 12.7. The second-order valence-corrected chi connectivity index (χ2v) is 16.6. The molecule has 3 nitrogen and oxygen atoms in total. The number of para-hydroxylation sites is 2. The van der Waals surface area contributed by atoms with Crippen LogP contribution in [0.3, 0.4) is 0 Å². The summed E-state index contributed by atoms with van der Waals surface area (Å²) in [6.45, 7) is 5.65. The van der Waals surface area contributed by atoms with E-state index in [0.717, 1.165) is 32.4 Å². The molecule has 5 rings (SSSR count). The Hall–Kier alpha value is -3.52. The van der Waals surface area contributed by atoms with Crippen LogP contribution in [0, 0.1) is 0 Å². The summed E-state index contributed by atoms with van der Waals surface area (Å²) in [7, 11) is -3.48. The normalized spacial score (nSPS) is 12.4. The number of benzene rings is 3. The molecule has 2 aromatic heterocycles. The van der Waals surface area contributed by atoms with Gasteiger partial charge in [-0.05, 0) is 84.5 Å². The molecule has 0 radical (unpaired) electrons. The van der Waals surface area contributed by atoms with Gasteiger partial charge in [-0.1, -0.05) is 75.4 Å². The van der Waals surface area contributed by atoms with Crippen molar-refractivity contribution in [2.45, 2.75) is 25.8 Å². The highest BCUT2D eigenvalue weighted by Crippen LogP contribution is 2.35. The van der Waals surface area contributed by atoms with Gasteiger partial charge in [0.2, 0.25) is 0 Å². The highest BCUT2D eigenvalue weighted by molar-refractivity contribution is 7.25. The molecular formula is C34H33NO2S2Si. The number of rotatable bonds is 8. The van der Waals surface area contributed by atoms with E-state index in [4.69, 9.17) is 0 Å². The van der Waals surface area contributed by atoms with Crippen LogP contribution >= 0.6 is 22.7 Å². The Balaban J connectivity index is 1.27. The molecule has 0 bridgehead atoms. The third kappa shape index (κ3) is 6.44. The van der Waals surface area contributed by atoms with Gasteiger partial charge in [-0.3, -0.25) is 0 Å². The maximum absolute atomic E-state index is 10.7. The molecule has 0 amide bonds. The molecule has 40 heavy (non-hydrogen) atoms. The summed E-state index contributed by atoms with van der Waals surface area (Å²) >= 11 is 3.19. The molecule has 3 aromatic carbocycles. The fraction of sp³-hybridized carbons (Fsp3) is 0.118. The van der Waals surface area contributed by atoms with E-state index in [1.165, 1.54) is 16.2 Å². The molecule has 0 fully saturated rings. The topological polar surface area (TPSA) is 43.7 Å². The molecule has 6 heteroatoms. The van der Waals surface area contributed by atoms with Gasteiger partial charge in [-0.15, -0.1) is 22.7 Å². The second kappa shape index (κ2) is 11.9. The summed E-state index contributed by atoms with van der Waals surface area (Å²) < 4.78 is 0.691. The Morgan fingerprint density at radius 2 is 1.00 bits per heavy atom. The molecule has 0 unspecified atom stereocenters. The second-order valence-electron chi connectivity index (χ2n) is 10.6. The SMILES string of the molecule is CC(C)(C)[Si](O)(O)c1ccc(/C=C/c2ccc(/C=C/c3ccc(N(c4ccccc4)c4ccccc4)cc3)s2)s1. The zero-order valence-corrected chi connectivity index (χ0v) is 25.5. The standard InChI is InChI=1S/C34H33NO2S2Si/c1-34(2,3)40(36,37)33-25-24-32(39-33)23-22-31-21-20-30(38-31)19-16-26-14-17-29(18-15-26)35(27-10-6-4-7-11-27)28-12-8-5-9-13-28/h4-25,36-37H,1-3H3/b19-16+,23-22+. The molecule has 0 saturated carbocycles. The molecular weight excluding hydrogens is 547 g/mol. The van der Waals surface area contributed by atoms with Crippen molar-refractivity contribution in [1.82, 2.24) is 0 Å². The van der Waals surface area contributed by atoms with Crippen LogP contribution in [0.1, 0.15) is 41.0 Å². The van der Waals surface area contributed by atoms with E-state index >= 15 is 0 Å². The van der Waals surface area contributed by atoms with Crippen LogP contribution in [-0.4, -0.2) is 18.2 Å². The number of nitrogens with zero attached hydrogens (tertiary/aromatic N) is 1. The lowest BCUT2D eigenvalue weighted by atomic mass is 10.1. The van der Waals surface area contributed by atoms with Crippen molar-refractivity contribution < 1.29 is 9.59 Å². The summed E-state index contributed by atoms with van der Waals surface area (Å²) in [4.78, 5) is 27.0. The van der Waals surface area contributed by atoms with Crippen molar-refractivity contribution in [1.29, 1.82) is 0 Å². The van der Waals surface area contributed by atoms with Crippen LogP contribution in [0.15, 0.2) is 109 Å². The van der Waals surface area contributed by atoms with Crippen LogP contribution in [0.4, 0.5) is 17.1 Å². The molecule has 2 N–H and O–H groups in total. The van der Waals surface area contributed by atoms with Gasteiger partial charge in [0.15, 0.2) is 0 Å². The Bertz CT molecular complexity index is 1560. The van der Waals surface area contributed by atoms with Crippen molar-refractivity contribution in [3.63, 3.8) is 0 Å². The lowest BCUT2D eigenvalue weighted by molar-refractivity contribution is 0.336. The van der Waals surface area contributed by atoms with Crippen LogP contribution < -0.4 is 9.40 Å². The Morgan fingerprint density at radius 3 is 1.52 bits per heavy atom. The van der Waals surface area contributed by atoms with Crippen molar-refractivity contribution in [3.8, 4) is 0 Å². The van der Waals surface area contributed by atoms with Gasteiger partial charge in [-0.2, -0.15) is 0 Å². The summed E-state index contributed by atoms with van der Waals surface area (Å²) in [5, 5.41) is -0.530. The van der Waals surface area contributed by atoms with Crippen LogP contribution in [0.5, 0.6) is 0 Å². The number of anilines is 3. The Morgan fingerprint density at radius 1 is 0.550 bits per heavy atom. The molecule has 0 atom stereocenters. The maximum Gasteiger partial charge on any atom is 0.383 e. The zero-order valence-electron chi connectivity index (χ0n) is 22.9. The predicted molar refractivity (Wildman–Crippen MR) is 177 cm³/mol. The van der Waals surface area contributed by atoms with E-state index in [1.807, 2.05) is 51.1 Å². The average molecular weight is 580 g/mol. The quantitative estimate of drug-likeness (QED) is 0.180. The minimum absolute atomic E-state index is 0.530. The van der Waals surface area contributed by atoms with E-state index in [1.54, 1.807) is 11.3 Å². The van der Waals surface area contributed by atoms with Crippen molar-refractivity contribution in [2.24, 2.45) is 0 Å². The molecule has 0 saturated heterocycles. The molecule has 2 heterocycles. The molecule has 0 aliphatic rings. The largest absolute Gasteiger partial charge is 0.407 e. The van der Waals surface area contributed by atoms with Crippen LogP contribution in [0.25, 0.3) is 24.3 Å². The predicted octanol–water partition coefficient (Wildman–Crippen LogP) is 9.05. The van der Waals surface area contributed by atoms with E-state index in [0.29, 0.717) is 4.50 Å². The van der Waals surface area contributed by atoms with Crippen molar-refractivity contribution in [3.05, 3.63) is 129 Å². The highest BCUT2D eigenvalue weighted by Gasteiger charge is 2.46. The van der Waals surface area contributed by atoms with Gasteiger partial charge in [0.05, 0.1) is 0 Å². The minimum atomic E-state index is -3.48. The lowest BCUT2D eigenvalue weighted by Crippen LogP contribution is -2.54. The van der Waals surface area contributed by atoms with Crippen LogP contribution in [-0.2, 0) is 0 Å². The Kier molecular flexibility index (Phi) is 8.35. The summed E-state index contributed by atoms with van der Waals surface area (Å²) in [5.41, 5.74) is 4.50. The summed E-state index contributed by atoms with van der Waals surface area (Å²) in [6.07, 6.45) is 8.42. The van der Waals surface area contributed by atoms with E-state index < -0.39 is 13.6 Å². The van der Waals surface area contributed by atoms with Gasteiger partial charge in [0.25, 0.3) is 0 Å². The fourth-order valence-electron chi connectivity index (χ4n) is 4.23. The van der Waals surface area contributed by atoms with Crippen molar-refractivity contribution in [2.75, 3.05) is 4.90 Å². The summed E-state index contributed by atoms with van der Waals surface area (Å²) in [5.74, 6) is 0. The first-order chi connectivity index (χ1) is 19.2. The van der Waals surface area contributed by atoms with Gasteiger partial charge in [0, 0.05) is 41.2 Å². The minimum Gasteiger partial charge on any atom is -0.407 e. The first-order valence-corrected chi connectivity index (χ1v) is 16.7. The average Bonchev–Trinajstić information content (AvgIpc) is 3.62. The molecule has 0 spiro atoms. The summed E-state index contributed by atoms with van der Waals surface area (Å²) in [6, 6.07) is 37.5. The monoisotopic (exact) mass is 579 g/mol. The van der Waals surface area contributed by atoms with Gasteiger partial charge in [0.1, 0.15) is 0 Å². The molecule has 5 aromatic rings. The van der Waals surface area contributed by atoms with Gasteiger partial charge >= 0.3 is 8.56 Å². The van der Waals surface area contributed by atoms with Gasteiger partial charge in [-0.25, -0.2) is 0 Å². The van der Waals surface area contributed by atoms with Crippen LogP contribution in [0.2, 0.25) is 5.04 Å². The van der Waals surface area contributed by atoms with Gasteiger partial charge < -0.3 is 14.5 Å². The molecule has 0 aliphatic heterocycles. The third-order valence-electron chi connectivity index (χ3n) is 6.70. The zero-order chi connectivity index (χ0) is 28.2. The van der Waals surface area contributed by atoms with E-state index in [-0.39, 0.29) is 0 Å². The number of hydrogen-bond acceptors (Lipinski definition) is 5. The maximum atomic E-state index is 10.7. The first-order valence-electron chi connectivity index (χ1n) is 13.2. The smallest absolute Gasteiger partial charge is 0.383 e. The number of thiophene rings is 2.